The Labute approximate surface area is 124 Å². The number of nitrogens with two attached hydrogens (primary N) is 1. The Balaban J connectivity index is 2.51. The molecule has 0 aromatic rings. The average molecular weight is 299 g/mol. The third kappa shape index (κ3) is 4.91. The van der Waals surface area contributed by atoms with E-state index in [0.717, 1.165) is 12.8 Å². The zero-order valence-electron chi connectivity index (χ0n) is 12.7. The van der Waals surface area contributed by atoms with Gasteiger partial charge in [0.05, 0.1) is 0 Å². The molecule has 0 radical (unpaired) electrons. The van der Waals surface area contributed by atoms with Gasteiger partial charge in [-0.05, 0) is 31.1 Å². The number of rotatable bonds is 6. The minimum atomic E-state index is -0.969. The Morgan fingerprint density at radius 3 is 2.57 bits per heavy atom. The molecule has 1 fully saturated rings. The van der Waals surface area contributed by atoms with Gasteiger partial charge in [-0.1, -0.05) is 13.8 Å². The maximum atomic E-state index is 12.2. The van der Waals surface area contributed by atoms with Gasteiger partial charge in [0, 0.05) is 19.5 Å². The Bertz CT molecular complexity index is 409. The lowest BCUT2D eigenvalue weighted by atomic mass is 9.76. The van der Waals surface area contributed by atoms with Crippen LogP contribution in [0.3, 0.4) is 0 Å². The number of nitrogens with zero attached hydrogens (tertiary/aromatic N) is 1. The smallest absolute Gasteiger partial charge is 0.327 e. The minimum Gasteiger partial charge on any atom is -0.480 e. The van der Waals surface area contributed by atoms with Crippen LogP contribution in [0.15, 0.2) is 0 Å². The van der Waals surface area contributed by atoms with Crippen LogP contribution >= 0.6 is 0 Å². The van der Waals surface area contributed by atoms with E-state index in [4.69, 9.17) is 5.73 Å². The van der Waals surface area contributed by atoms with Crippen molar-refractivity contribution in [1.82, 2.24) is 10.2 Å². The summed E-state index contributed by atoms with van der Waals surface area (Å²) >= 11 is 0. The second-order valence-electron chi connectivity index (χ2n) is 6.18. The first-order valence-corrected chi connectivity index (χ1v) is 7.31. The molecule has 1 rings (SSSR count). The zero-order valence-corrected chi connectivity index (χ0v) is 12.7. The van der Waals surface area contributed by atoms with Crippen molar-refractivity contribution in [3.63, 3.8) is 0 Å². The first-order valence-electron chi connectivity index (χ1n) is 7.31. The second-order valence-corrected chi connectivity index (χ2v) is 6.18. The van der Waals surface area contributed by atoms with E-state index in [-0.39, 0.29) is 11.9 Å². The van der Waals surface area contributed by atoms with Crippen LogP contribution in [0.4, 0.5) is 4.79 Å². The molecule has 0 saturated carbocycles. The van der Waals surface area contributed by atoms with Gasteiger partial charge in [0.15, 0.2) is 0 Å². The van der Waals surface area contributed by atoms with E-state index >= 15 is 0 Å². The van der Waals surface area contributed by atoms with Crippen molar-refractivity contribution in [2.75, 3.05) is 13.1 Å². The van der Waals surface area contributed by atoms with E-state index in [1.54, 1.807) is 0 Å². The SMILES string of the molecule is CC1(C)CCCN(C(=O)NCCCCC(N)=O)C1C(=O)O. The first-order chi connectivity index (χ1) is 9.75. The lowest BCUT2D eigenvalue weighted by Gasteiger charge is -2.43. The number of primary amides is 1. The van der Waals surface area contributed by atoms with Gasteiger partial charge in [-0.15, -0.1) is 0 Å². The van der Waals surface area contributed by atoms with E-state index in [0.29, 0.717) is 32.4 Å². The van der Waals surface area contributed by atoms with Crippen molar-refractivity contribution >= 4 is 17.9 Å². The highest BCUT2D eigenvalue weighted by Gasteiger charge is 2.44. The van der Waals surface area contributed by atoms with E-state index < -0.39 is 17.4 Å². The van der Waals surface area contributed by atoms with Crippen molar-refractivity contribution in [2.45, 2.75) is 52.0 Å². The van der Waals surface area contributed by atoms with Crippen LogP contribution in [0.25, 0.3) is 0 Å². The van der Waals surface area contributed by atoms with Crippen LogP contribution in [0.1, 0.15) is 46.0 Å². The molecule has 3 amide bonds. The van der Waals surface area contributed by atoms with Crippen LogP contribution in [-0.4, -0.2) is 47.0 Å². The fraction of sp³-hybridized carbons (Fsp3) is 0.786. The number of unbranched alkanes of at least 4 members (excludes halogenated alkanes) is 1. The molecule has 1 aliphatic heterocycles. The maximum absolute atomic E-state index is 12.2. The summed E-state index contributed by atoms with van der Waals surface area (Å²) in [6.45, 7) is 4.61. The van der Waals surface area contributed by atoms with Crippen molar-refractivity contribution in [3.8, 4) is 0 Å². The van der Waals surface area contributed by atoms with Crippen molar-refractivity contribution in [1.29, 1.82) is 0 Å². The Kier molecular flexibility index (Phi) is 5.99. The summed E-state index contributed by atoms with van der Waals surface area (Å²) in [4.78, 5) is 35.6. The molecule has 1 heterocycles. The Morgan fingerprint density at radius 1 is 1.33 bits per heavy atom. The van der Waals surface area contributed by atoms with Crippen LogP contribution in [-0.2, 0) is 9.59 Å². The Hall–Kier alpha value is -1.79. The number of amides is 3. The number of nitrogens with one attached hydrogen (secondary N) is 1. The van der Waals surface area contributed by atoms with Crippen LogP contribution in [0, 0.1) is 5.41 Å². The van der Waals surface area contributed by atoms with E-state index in [9.17, 15) is 19.5 Å². The minimum absolute atomic E-state index is 0.296. The molecule has 0 aromatic heterocycles. The first kappa shape index (κ1) is 17.3. The van der Waals surface area contributed by atoms with Gasteiger partial charge in [-0.25, -0.2) is 9.59 Å². The van der Waals surface area contributed by atoms with Gasteiger partial charge in [-0.3, -0.25) is 4.79 Å². The number of carbonyl (C=O) groups is 3. The number of aliphatic carboxylic acids is 1. The fourth-order valence-corrected chi connectivity index (χ4v) is 2.80. The molecule has 0 bridgehead atoms. The quantitative estimate of drug-likeness (QED) is 0.633. The fourth-order valence-electron chi connectivity index (χ4n) is 2.80. The molecule has 7 nitrogen and oxygen atoms in total. The van der Waals surface area contributed by atoms with Gasteiger partial charge < -0.3 is 21.1 Å². The molecule has 1 aliphatic rings. The third-order valence-electron chi connectivity index (χ3n) is 3.89. The van der Waals surface area contributed by atoms with Crippen molar-refractivity contribution in [2.24, 2.45) is 11.1 Å². The molecule has 1 saturated heterocycles. The average Bonchev–Trinajstić information content (AvgIpc) is 2.35. The van der Waals surface area contributed by atoms with Gasteiger partial charge in [0.2, 0.25) is 5.91 Å². The van der Waals surface area contributed by atoms with Gasteiger partial charge in [0.25, 0.3) is 0 Å². The van der Waals surface area contributed by atoms with E-state index in [1.165, 1.54) is 4.90 Å². The predicted molar refractivity (Wildman–Crippen MR) is 77.6 cm³/mol. The molecule has 4 N–H and O–H groups in total. The van der Waals surface area contributed by atoms with Crippen molar-refractivity contribution in [3.05, 3.63) is 0 Å². The number of likely N-dealkylation sites (tertiary alicyclic amines) is 1. The number of hydrogen-bond acceptors (Lipinski definition) is 3. The second kappa shape index (κ2) is 7.28. The number of carboxylic acid groups (broad SMARTS) is 1. The molecule has 120 valence electrons. The van der Waals surface area contributed by atoms with Crippen molar-refractivity contribution < 1.29 is 19.5 Å². The Morgan fingerprint density at radius 2 is 2.00 bits per heavy atom. The highest BCUT2D eigenvalue weighted by atomic mass is 16.4. The van der Waals surface area contributed by atoms with E-state index in [1.807, 2.05) is 13.8 Å². The van der Waals surface area contributed by atoms with Gasteiger partial charge in [-0.2, -0.15) is 0 Å². The molecular formula is C14H25N3O4. The summed E-state index contributed by atoms with van der Waals surface area (Å²) in [7, 11) is 0. The summed E-state index contributed by atoms with van der Waals surface area (Å²) in [6.07, 6.45) is 3.13. The maximum Gasteiger partial charge on any atom is 0.327 e. The molecule has 0 aliphatic carbocycles. The van der Waals surface area contributed by atoms with E-state index in [2.05, 4.69) is 5.32 Å². The number of carbonyl (C=O) groups excluding carboxylic acids is 2. The molecular weight excluding hydrogens is 274 g/mol. The normalized spacial score (nSPS) is 20.9. The topological polar surface area (TPSA) is 113 Å². The highest BCUT2D eigenvalue weighted by Crippen LogP contribution is 2.35. The molecule has 0 aromatic carbocycles. The van der Waals surface area contributed by atoms with Crippen LogP contribution < -0.4 is 11.1 Å². The predicted octanol–water partition coefficient (Wildman–Crippen LogP) is 0.927. The number of piperidine rings is 1. The summed E-state index contributed by atoms with van der Waals surface area (Å²) in [6, 6.07) is -1.16. The lowest BCUT2D eigenvalue weighted by Crippen LogP contribution is -2.58. The summed E-state index contributed by atoms with van der Waals surface area (Å²) in [5, 5.41) is 12.1. The van der Waals surface area contributed by atoms with Gasteiger partial charge >= 0.3 is 12.0 Å². The molecule has 1 atom stereocenters. The van der Waals surface area contributed by atoms with Crippen LogP contribution in [0.5, 0.6) is 0 Å². The molecule has 7 heteroatoms. The molecule has 1 unspecified atom stereocenters. The summed E-state index contributed by atoms with van der Waals surface area (Å²) in [5.41, 5.74) is 4.60. The number of hydrogen-bond donors (Lipinski definition) is 3. The lowest BCUT2D eigenvalue weighted by molar-refractivity contribution is -0.148. The summed E-state index contributed by atoms with van der Waals surface area (Å²) < 4.78 is 0. The summed E-state index contributed by atoms with van der Waals surface area (Å²) in [5.74, 6) is -1.33. The zero-order chi connectivity index (χ0) is 16.0. The standard InChI is InChI=1S/C14H25N3O4/c1-14(2)7-5-9-17(11(14)12(19)20)13(21)16-8-4-3-6-10(15)18/h11H,3-9H2,1-2H3,(H2,15,18)(H,16,21)(H,19,20). The molecule has 21 heavy (non-hydrogen) atoms. The molecule has 0 spiro atoms. The highest BCUT2D eigenvalue weighted by molar-refractivity contribution is 5.83. The largest absolute Gasteiger partial charge is 0.480 e. The third-order valence-corrected chi connectivity index (χ3v) is 3.89. The number of carboxylic acids is 1. The number of urea groups is 1. The van der Waals surface area contributed by atoms with Gasteiger partial charge in [0.1, 0.15) is 6.04 Å². The monoisotopic (exact) mass is 299 g/mol. The van der Waals surface area contributed by atoms with Crippen LogP contribution in [0.2, 0.25) is 0 Å².